The second-order valence-corrected chi connectivity index (χ2v) is 6.01. The van der Waals surface area contributed by atoms with Gasteiger partial charge in [-0.15, -0.1) is 0 Å². The van der Waals surface area contributed by atoms with Crippen molar-refractivity contribution in [2.45, 2.75) is 97.8 Å². The first-order valence-corrected chi connectivity index (χ1v) is 9.31. The van der Waals surface area contributed by atoms with E-state index in [1.165, 1.54) is 57.8 Å². The van der Waals surface area contributed by atoms with E-state index in [1.54, 1.807) is 0 Å². The Balaban J connectivity index is 3.70. The van der Waals surface area contributed by atoms with E-state index in [1.807, 2.05) is 13.8 Å². The third-order valence-electron chi connectivity index (χ3n) is 4.06. The van der Waals surface area contributed by atoms with Gasteiger partial charge in [0.05, 0.1) is 12.2 Å². The van der Waals surface area contributed by atoms with E-state index in [0.29, 0.717) is 18.6 Å². The molecule has 0 atom stereocenters. The van der Waals surface area contributed by atoms with Crippen molar-refractivity contribution >= 4 is 5.97 Å². The number of carbonyl (C=O) groups is 1. The molecule has 0 bridgehead atoms. The first kappa shape index (κ1) is 21.0. The van der Waals surface area contributed by atoms with Crippen LogP contribution in [-0.4, -0.2) is 12.6 Å². The lowest BCUT2D eigenvalue weighted by Crippen LogP contribution is -2.13. The van der Waals surface area contributed by atoms with Crippen molar-refractivity contribution in [3.63, 3.8) is 0 Å². The summed E-state index contributed by atoms with van der Waals surface area (Å²) in [6.45, 7) is 6.45. The first-order chi connectivity index (χ1) is 10.7. The van der Waals surface area contributed by atoms with Crippen LogP contribution in [0, 0.1) is 0 Å². The molecule has 0 radical (unpaired) electrons. The van der Waals surface area contributed by atoms with Gasteiger partial charge in [0.25, 0.3) is 0 Å². The summed E-state index contributed by atoms with van der Waals surface area (Å²) in [5.41, 5.74) is 7.43. The van der Waals surface area contributed by atoms with Crippen LogP contribution in [0.5, 0.6) is 0 Å². The summed E-state index contributed by atoms with van der Waals surface area (Å²) >= 11 is 0. The number of hydrogen-bond donors (Lipinski definition) is 1. The minimum atomic E-state index is -0.241. The first-order valence-electron chi connectivity index (χ1n) is 9.31. The third kappa shape index (κ3) is 10.7. The predicted molar refractivity (Wildman–Crippen MR) is 94.6 cm³/mol. The molecule has 0 saturated heterocycles. The Morgan fingerprint density at radius 1 is 0.818 bits per heavy atom. The number of nitrogens with two attached hydrogens (primary N) is 1. The van der Waals surface area contributed by atoms with E-state index in [9.17, 15) is 4.79 Å². The van der Waals surface area contributed by atoms with E-state index in [0.717, 1.165) is 18.5 Å². The van der Waals surface area contributed by atoms with E-state index >= 15 is 0 Å². The van der Waals surface area contributed by atoms with Crippen molar-refractivity contribution in [3.05, 3.63) is 11.3 Å². The molecule has 0 saturated carbocycles. The molecule has 0 heterocycles. The van der Waals surface area contributed by atoms with Crippen molar-refractivity contribution in [1.82, 2.24) is 0 Å². The Bertz CT molecular complexity index is 311. The summed E-state index contributed by atoms with van der Waals surface area (Å²) in [6.07, 6.45) is 14.6. The monoisotopic (exact) mass is 311 g/mol. The molecule has 130 valence electrons. The van der Waals surface area contributed by atoms with Gasteiger partial charge in [-0.2, -0.15) is 0 Å². The third-order valence-corrected chi connectivity index (χ3v) is 4.06. The largest absolute Gasteiger partial charge is 0.463 e. The van der Waals surface area contributed by atoms with Gasteiger partial charge in [0.15, 0.2) is 0 Å². The molecular weight excluding hydrogens is 274 g/mol. The summed E-state index contributed by atoms with van der Waals surface area (Å²) in [7, 11) is 0. The van der Waals surface area contributed by atoms with Gasteiger partial charge in [-0.1, -0.05) is 71.6 Å². The molecule has 3 heteroatoms. The van der Waals surface area contributed by atoms with Crippen LogP contribution in [-0.2, 0) is 9.53 Å². The SMILES string of the molecule is CCCCCCCCCCCCC(N)=C(CC)C(=O)OCC. The average Bonchev–Trinajstić information content (AvgIpc) is 2.50. The molecule has 0 amide bonds. The fourth-order valence-electron chi connectivity index (χ4n) is 2.67. The summed E-state index contributed by atoms with van der Waals surface area (Å²) < 4.78 is 5.04. The lowest BCUT2D eigenvalue weighted by atomic mass is 10.0. The van der Waals surface area contributed by atoms with E-state index in [-0.39, 0.29) is 5.97 Å². The van der Waals surface area contributed by atoms with Gasteiger partial charge in [0, 0.05) is 5.70 Å². The maximum absolute atomic E-state index is 11.7. The molecule has 0 rings (SSSR count). The smallest absolute Gasteiger partial charge is 0.335 e. The zero-order valence-electron chi connectivity index (χ0n) is 15.1. The average molecular weight is 312 g/mol. The Kier molecular flexibility index (Phi) is 14.3. The van der Waals surface area contributed by atoms with Gasteiger partial charge < -0.3 is 10.5 Å². The lowest BCUT2D eigenvalue weighted by Gasteiger charge is -2.09. The fourth-order valence-corrected chi connectivity index (χ4v) is 2.67. The van der Waals surface area contributed by atoms with Crippen molar-refractivity contribution in [2.24, 2.45) is 5.73 Å². The molecule has 0 aliphatic rings. The van der Waals surface area contributed by atoms with Gasteiger partial charge in [-0.05, 0) is 26.2 Å². The van der Waals surface area contributed by atoms with Crippen LogP contribution in [0.4, 0.5) is 0 Å². The molecule has 0 unspecified atom stereocenters. The molecule has 2 N–H and O–H groups in total. The maximum Gasteiger partial charge on any atom is 0.335 e. The van der Waals surface area contributed by atoms with Gasteiger partial charge >= 0.3 is 5.97 Å². The molecule has 0 spiro atoms. The van der Waals surface area contributed by atoms with Crippen LogP contribution in [0.25, 0.3) is 0 Å². The molecule has 0 fully saturated rings. The fraction of sp³-hybridized carbons (Fsp3) is 0.842. The van der Waals surface area contributed by atoms with Gasteiger partial charge in [-0.3, -0.25) is 0 Å². The summed E-state index contributed by atoms with van der Waals surface area (Å²) in [4.78, 5) is 11.7. The second-order valence-electron chi connectivity index (χ2n) is 6.01. The molecule has 0 aromatic heterocycles. The zero-order valence-corrected chi connectivity index (χ0v) is 15.1. The van der Waals surface area contributed by atoms with Crippen LogP contribution in [0.15, 0.2) is 11.3 Å². The van der Waals surface area contributed by atoms with Crippen LogP contribution >= 0.6 is 0 Å². The number of rotatable bonds is 14. The standard InChI is InChI=1S/C19H37NO2/c1-4-7-8-9-10-11-12-13-14-15-16-18(20)17(5-2)19(21)22-6-3/h4-16,20H2,1-3H3. The number of allylic oxidation sites excluding steroid dienone is 1. The van der Waals surface area contributed by atoms with Crippen molar-refractivity contribution in [3.8, 4) is 0 Å². The quantitative estimate of drug-likeness (QED) is 0.262. The topological polar surface area (TPSA) is 52.3 Å². The second kappa shape index (κ2) is 14.9. The van der Waals surface area contributed by atoms with Crippen LogP contribution in [0.2, 0.25) is 0 Å². The van der Waals surface area contributed by atoms with Gasteiger partial charge in [0.2, 0.25) is 0 Å². The number of ether oxygens (including phenoxy) is 1. The highest BCUT2D eigenvalue weighted by Crippen LogP contribution is 2.15. The molecule has 3 nitrogen and oxygen atoms in total. The maximum atomic E-state index is 11.7. The summed E-state index contributed by atoms with van der Waals surface area (Å²) in [6, 6.07) is 0. The summed E-state index contributed by atoms with van der Waals surface area (Å²) in [5.74, 6) is -0.241. The number of hydrogen-bond acceptors (Lipinski definition) is 3. The highest BCUT2D eigenvalue weighted by Gasteiger charge is 2.12. The zero-order chi connectivity index (χ0) is 16.6. The Hall–Kier alpha value is -0.990. The molecule has 0 aromatic carbocycles. The van der Waals surface area contributed by atoms with Crippen LogP contribution < -0.4 is 5.73 Å². The highest BCUT2D eigenvalue weighted by molar-refractivity contribution is 5.89. The van der Waals surface area contributed by atoms with E-state index < -0.39 is 0 Å². The minimum Gasteiger partial charge on any atom is -0.463 e. The Morgan fingerprint density at radius 2 is 1.32 bits per heavy atom. The molecular formula is C19H37NO2. The molecule has 0 aliphatic heterocycles. The van der Waals surface area contributed by atoms with Crippen molar-refractivity contribution in [1.29, 1.82) is 0 Å². The molecule has 0 aromatic rings. The normalized spacial score (nSPS) is 12.1. The lowest BCUT2D eigenvalue weighted by molar-refractivity contribution is -0.138. The van der Waals surface area contributed by atoms with Crippen LogP contribution in [0.3, 0.4) is 0 Å². The Labute approximate surface area is 137 Å². The predicted octanol–water partition coefficient (Wildman–Crippen LogP) is 5.48. The number of carbonyl (C=O) groups excluding carboxylic acids is 1. The van der Waals surface area contributed by atoms with Crippen molar-refractivity contribution in [2.75, 3.05) is 6.61 Å². The van der Waals surface area contributed by atoms with Crippen molar-refractivity contribution < 1.29 is 9.53 Å². The van der Waals surface area contributed by atoms with Crippen LogP contribution in [0.1, 0.15) is 97.8 Å². The molecule has 22 heavy (non-hydrogen) atoms. The highest BCUT2D eigenvalue weighted by atomic mass is 16.5. The minimum absolute atomic E-state index is 0.241. The van der Waals surface area contributed by atoms with E-state index in [4.69, 9.17) is 10.5 Å². The van der Waals surface area contributed by atoms with Gasteiger partial charge in [-0.25, -0.2) is 4.79 Å². The summed E-state index contributed by atoms with van der Waals surface area (Å²) in [5, 5.41) is 0. The number of unbranched alkanes of at least 4 members (excludes halogenated alkanes) is 9. The number of esters is 1. The van der Waals surface area contributed by atoms with Gasteiger partial charge in [0.1, 0.15) is 0 Å². The van der Waals surface area contributed by atoms with E-state index in [2.05, 4.69) is 6.92 Å². The molecule has 0 aliphatic carbocycles. The Morgan fingerprint density at radius 3 is 1.77 bits per heavy atom.